The van der Waals surface area contributed by atoms with Crippen LogP contribution in [0.3, 0.4) is 0 Å². The highest BCUT2D eigenvalue weighted by atomic mass is 32.2. The normalized spacial score (nSPS) is 14.5. The van der Waals surface area contributed by atoms with Gasteiger partial charge in [0.25, 0.3) is 0 Å². The molecule has 4 unspecified atom stereocenters. The topological polar surface area (TPSA) is 191 Å². The SMILES string of the molecule is CSCCC(NC(=O)C(Cc1ccc(O)cc1)NC(=O)C(C)N)C(=O)NC(CO)C(=O)O. The van der Waals surface area contributed by atoms with E-state index in [2.05, 4.69) is 16.0 Å². The van der Waals surface area contributed by atoms with E-state index in [1.807, 2.05) is 0 Å². The van der Waals surface area contributed by atoms with Crippen LogP contribution in [-0.2, 0) is 25.6 Å². The van der Waals surface area contributed by atoms with Crippen molar-refractivity contribution in [2.75, 3.05) is 18.6 Å². The number of carboxylic acid groups (broad SMARTS) is 1. The summed E-state index contributed by atoms with van der Waals surface area (Å²) in [5.41, 5.74) is 6.23. The molecule has 1 rings (SSSR count). The van der Waals surface area contributed by atoms with E-state index in [0.29, 0.717) is 11.3 Å². The first-order chi connectivity index (χ1) is 15.1. The number of phenolic OH excluding ortho intramolecular Hbond substituents is 1. The van der Waals surface area contributed by atoms with Crippen LogP contribution in [0.1, 0.15) is 18.9 Å². The zero-order chi connectivity index (χ0) is 24.3. The van der Waals surface area contributed by atoms with Crippen LogP contribution in [0.5, 0.6) is 5.75 Å². The summed E-state index contributed by atoms with van der Waals surface area (Å²) in [6.07, 6.45) is 2.07. The number of aliphatic hydroxyl groups is 1. The number of carbonyl (C=O) groups is 4. The van der Waals surface area contributed by atoms with Crippen molar-refractivity contribution in [1.29, 1.82) is 0 Å². The highest BCUT2D eigenvalue weighted by Gasteiger charge is 2.29. The molecule has 1 aromatic carbocycles. The van der Waals surface area contributed by atoms with E-state index in [1.165, 1.54) is 30.8 Å². The van der Waals surface area contributed by atoms with Crippen molar-refractivity contribution in [3.05, 3.63) is 29.8 Å². The second-order valence-electron chi connectivity index (χ2n) is 7.15. The number of amides is 3. The van der Waals surface area contributed by atoms with E-state index in [0.717, 1.165) is 0 Å². The molecule has 0 aliphatic rings. The number of nitrogens with two attached hydrogens (primary N) is 1. The lowest BCUT2D eigenvalue weighted by Crippen LogP contribution is -2.57. The van der Waals surface area contributed by atoms with Gasteiger partial charge < -0.3 is 37.0 Å². The summed E-state index contributed by atoms with van der Waals surface area (Å²) in [4.78, 5) is 48.8. The van der Waals surface area contributed by atoms with Gasteiger partial charge in [0.2, 0.25) is 17.7 Å². The summed E-state index contributed by atoms with van der Waals surface area (Å²) in [6.45, 7) is 0.651. The van der Waals surface area contributed by atoms with Crippen molar-refractivity contribution in [1.82, 2.24) is 16.0 Å². The Morgan fingerprint density at radius 3 is 2.00 bits per heavy atom. The minimum atomic E-state index is -1.51. The highest BCUT2D eigenvalue weighted by molar-refractivity contribution is 7.98. The summed E-state index contributed by atoms with van der Waals surface area (Å²) in [5.74, 6) is -2.88. The number of carboxylic acids is 1. The fourth-order valence-corrected chi connectivity index (χ4v) is 3.09. The molecule has 0 aromatic heterocycles. The third-order valence-electron chi connectivity index (χ3n) is 4.46. The van der Waals surface area contributed by atoms with Crippen LogP contribution in [0.4, 0.5) is 0 Å². The number of hydrogen-bond donors (Lipinski definition) is 7. The molecule has 0 saturated heterocycles. The van der Waals surface area contributed by atoms with Gasteiger partial charge >= 0.3 is 5.97 Å². The van der Waals surface area contributed by atoms with Gasteiger partial charge in [-0.1, -0.05) is 12.1 Å². The molecular formula is C20H30N4O7S. The molecule has 0 radical (unpaired) electrons. The number of rotatable bonds is 13. The molecule has 8 N–H and O–H groups in total. The molecule has 12 heteroatoms. The first-order valence-electron chi connectivity index (χ1n) is 9.86. The Bertz CT molecular complexity index is 789. The Balaban J connectivity index is 3.03. The number of nitrogens with one attached hydrogen (secondary N) is 3. The molecule has 0 aliphatic heterocycles. The summed E-state index contributed by atoms with van der Waals surface area (Å²) in [5, 5.41) is 34.9. The minimum Gasteiger partial charge on any atom is -0.508 e. The molecule has 3 amide bonds. The maximum atomic E-state index is 13.0. The molecule has 0 aliphatic carbocycles. The van der Waals surface area contributed by atoms with Gasteiger partial charge in [-0.3, -0.25) is 14.4 Å². The predicted molar refractivity (Wildman–Crippen MR) is 119 cm³/mol. The van der Waals surface area contributed by atoms with Crippen molar-refractivity contribution >= 4 is 35.5 Å². The zero-order valence-electron chi connectivity index (χ0n) is 17.9. The van der Waals surface area contributed by atoms with Crippen LogP contribution in [0.15, 0.2) is 24.3 Å². The Labute approximate surface area is 190 Å². The summed E-state index contributed by atoms with van der Waals surface area (Å²) < 4.78 is 0. The molecule has 4 atom stereocenters. The van der Waals surface area contributed by atoms with Crippen LogP contribution >= 0.6 is 11.8 Å². The highest BCUT2D eigenvalue weighted by Crippen LogP contribution is 2.12. The first-order valence-corrected chi connectivity index (χ1v) is 11.3. The maximum Gasteiger partial charge on any atom is 0.328 e. The number of benzene rings is 1. The number of aromatic hydroxyl groups is 1. The molecule has 0 bridgehead atoms. The van der Waals surface area contributed by atoms with Crippen molar-refractivity contribution in [3.8, 4) is 5.75 Å². The van der Waals surface area contributed by atoms with Gasteiger partial charge in [-0.2, -0.15) is 11.8 Å². The Kier molecular flexibility index (Phi) is 11.5. The standard InChI is InChI=1S/C20H30N4O7S/c1-11(21)17(27)23-15(9-12-3-5-13(26)6-4-12)19(29)22-14(7-8-32-2)18(28)24-16(10-25)20(30)31/h3-6,11,14-16,25-26H,7-10,21H2,1-2H3,(H,22,29)(H,23,27)(H,24,28)(H,30,31). The zero-order valence-corrected chi connectivity index (χ0v) is 18.7. The van der Waals surface area contributed by atoms with E-state index in [9.17, 15) is 24.3 Å². The number of phenols is 1. The first kappa shape index (κ1) is 27.2. The molecule has 11 nitrogen and oxygen atoms in total. The third-order valence-corrected chi connectivity index (χ3v) is 5.11. The van der Waals surface area contributed by atoms with E-state index >= 15 is 0 Å². The van der Waals surface area contributed by atoms with Crippen LogP contribution in [0.25, 0.3) is 0 Å². The average Bonchev–Trinajstić information content (AvgIpc) is 2.75. The average molecular weight is 471 g/mol. The molecule has 0 spiro atoms. The second kappa shape index (κ2) is 13.6. The molecular weight excluding hydrogens is 440 g/mol. The van der Waals surface area contributed by atoms with E-state index in [1.54, 1.807) is 18.4 Å². The molecule has 0 fully saturated rings. The van der Waals surface area contributed by atoms with E-state index in [4.69, 9.17) is 15.9 Å². The molecule has 178 valence electrons. The molecule has 0 saturated carbocycles. The summed E-state index contributed by atoms with van der Waals surface area (Å²) in [6, 6.07) is 1.51. The number of aliphatic hydroxyl groups excluding tert-OH is 1. The van der Waals surface area contributed by atoms with Crippen LogP contribution < -0.4 is 21.7 Å². The van der Waals surface area contributed by atoms with Crippen molar-refractivity contribution < 1.29 is 34.5 Å². The van der Waals surface area contributed by atoms with Gasteiger partial charge in [0.1, 0.15) is 23.9 Å². The van der Waals surface area contributed by atoms with Crippen molar-refractivity contribution in [3.63, 3.8) is 0 Å². The Morgan fingerprint density at radius 2 is 1.50 bits per heavy atom. The number of hydrogen-bond acceptors (Lipinski definition) is 8. The molecule has 32 heavy (non-hydrogen) atoms. The second-order valence-corrected chi connectivity index (χ2v) is 8.13. The quantitative estimate of drug-likeness (QED) is 0.181. The predicted octanol–water partition coefficient (Wildman–Crippen LogP) is -1.43. The fourth-order valence-electron chi connectivity index (χ4n) is 2.61. The number of thioether (sulfide) groups is 1. The van der Waals surface area contributed by atoms with Gasteiger partial charge in [0.15, 0.2) is 0 Å². The van der Waals surface area contributed by atoms with Crippen molar-refractivity contribution in [2.45, 2.75) is 43.9 Å². The lowest BCUT2D eigenvalue weighted by Gasteiger charge is -2.24. The summed E-state index contributed by atoms with van der Waals surface area (Å²) >= 11 is 1.43. The summed E-state index contributed by atoms with van der Waals surface area (Å²) in [7, 11) is 0. The Morgan fingerprint density at radius 1 is 0.969 bits per heavy atom. The monoisotopic (exact) mass is 470 g/mol. The lowest BCUT2D eigenvalue weighted by atomic mass is 10.0. The van der Waals surface area contributed by atoms with E-state index < -0.39 is 54.5 Å². The largest absolute Gasteiger partial charge is 0.508 e. The Hall–Kier alpha value is -2.83. The van der Waals surface area contributed by atoms with Crippen LogP contribution in [0.2, 0.25) is 0 Å². The van der Waals surface area contributed by atoms with Gasteiger partial charge in [0.05, 0.1) is 12.6 Å². The fraction of sp³-hybridized carbons (Fsp3) is 0.500. The smallest absolute Gasteiger partial charge is 0.328 e. The van der Waals surface area contributed by atoms with Crippen LogP contribution in [0, 0.1) is 0 Å². The van der Waals surface area contributed by atoms with Gasteiger partial charge in [0, 0.05) is 6.42 Å². The van der Waals surface area contributed by atoms with Crippen molar-refractivity contribution in [2.24, 2.45) is 5.73 Å². The third kappa shape index (κ3) is 9.12. The lowest BCUT2D eigenvalue weighted by molar-refractivity contribution is -0.143. The van der Waals surface area contributed by atoms with E-state index in [-0.39, 0.29) is 18.6 Å². The maximum absolute atomic E-state index is 13.0. The van der Waals surface area contributed by atoms with Gasteiger partial charge in [-0.15, -0.1) is 0 Å². The van der Waals surface area contributed by atoms with Gasteiger partial charge in [-0.05, 0) is 43.0 Å². The van der Waals surface area contributed by atoms with Gasteiger partial charge in [-0.25, -0.2) is 4.79 Å². The molecule has 1 aromatic rings. The molecule has 0 heterocycles. The number of carbonyl (C=O) groups excluding carboxylic acids is 3. The minimum absolute atomic E-state index is 0.0417. The van der Waals surface area contributed by atoms with Crippen LogP contribution in [-0.4, -0.2) is 81.8 Å². The number of aliphatic carboxylic acids is 1.